The van der Waals surface area contributed by atoms with Crippen molar-refractivity contribution in [1.82, 2.24) is 0 Å². The highest BCUT2D eigenvalue weighted by Gasteiger charge is 2.44. The van der Waals surface area contributed by atoms with E-state index in [-0.39, 0.29) is 5.75 Å². The Bertz CT molecular complexity index is 701. The van der Waals surface area contributed by atoms with Gasteiger partial charge in [-0.15, -0.1) is 23.5 Å². The van der Waals surface area contributed by atoms with Gasteiger partial charge in [-0.05, 0) is 59.8 Å². The van der Waals surface area contributed by atoms with Crippen molar-refractivity contribution in [2.24, 2.45) is 0 Å². The quantitative estimate of drug-likeness (QED) is 0.545. The minimum Gasteiger partial charge on any atom is -0.435 e. The molecule has 0 spiro atoms. The number of benzene rings is 1. The Morgan fingerprint density at radius 3 is 2.54 bits per heavy atom. The highest BCUT2D eigenvalue weighted by Crippen LogP contribution is 2.55. The molecular formula is C19H21ClF2O2S2. The van der Waals surface area contributed by atoms with Crippen LogP contribution < -0.4 is 4.74 Å². The maximum Gasteiger partial charge on any atom is 0.387 e. The second kappa shape index (κ2) is 9.31. The lowest BCUT2D eigenvalue weighted by atomic mass is 9.98. The van der Waals surface area contributed by atoms with E-state index < -0.39 is 16.8 Å². The van der Waals surface area contributed by atoms with Crippen LogP contribution in [-0.4, -0.2) is 27.3 Å². The summed E-state index contributed by atoms with van der Waals surface area (Å²) in [7, 11) is 0. The molecule has 0 aromatic heterocycles. The van der Waals surface area contributed by atoms with Gasteiger partial charge in [-0.1, -0.05) is 36.9 Å². The third-order valence-corrected chi connectivity index (χ3v) is 7.52. The maximum atomic E-state index is 12.5. The summed E-state index contributed by atoms with van der Waals surface area (Å²) >= 11 is 9.23. The third-order valence-electron chi connectivity index (χ3n) is 3.95. The molecule has 1 aliphatic heterocycles. The van der Waals surface area contributed by atoms with Crippen molar-refractivity contribution < 1.29 is 18.6 Å². The number of ether oxygens (including phenoxy) is 1. The van der Waals surface area contributed by atoms with E-state index in [0.717, 1.165) is 23.5 Å². The average molecular weight is 419 g/mol. The normalized spacial score (nSPS) is 18.5. The monoisotopic (exact) mass is 418 g/mol. The van der Waals surface area contributed by atoms with E-state index in [4.69, 9.17) is 11.6 Å². The van der Waals surface area contributed by atoms with Crippen molar-refractivity contribution in [3.63, 3.8) is 0 Å². The van der Waals surface area contributed by atoms with Gasteiger partial charge in [0.1, 0.15) is 15.9 Å². The fourth-order valence-corrected chi connectivity index (χ4v) is 6.31. The number of allylic oxidation sites excluding steroid dienone is 3. The Balaban J connectivity index is 2.44. The first-order valence-electron chi connectivity index (χ1n) is 8.00. The van der Waals surface area contributed by atoms with Crippen molar-refractivity contribution in [2.75, 3.05) is 11.5 Å². The summed E-state index contributed by atoms with van der Waals surface area (Å²) in [6.45, 7) is 6.36. The van der Waals surface area contributed by atoms with Gasteiger partial charge in [0.15, 0.2) is 0 Å². The average Bonchev–Trinajstić information content (AvgIpc) is 2.60. The molecule has 26 heavy (non-hydrogen) atoms. The van der Waals surface area contributed by atoms with Crippen LogP contribution in [0.25, 0.3) is 0 Å². The molecule has 1 heterocycles. The molecule has 2 nitrogen and oxygen atoms in total. The zero-order valence-corrected chi connectivity index (χ0v) is 16.8. The lowest BCUT2D eigenvalue weighted by molar-refractivity contribution is -0.0503. The molecule has 1 aromatic rings. The van der Waals surface area contributed by atoms with E-state index in [1.165, 1.54) is 6.07 Å². The van der Waals surface area contributed by atoms with Crippen molar-refractivity contribution in [2.45, 2.75) is 30.1 Å². The van der Waals surface area contributed by atoms with Gasteiger partial charge in [-0.2, -0.15) is 8.78 Å². The summed E-state index contributed by atoms with van der Waals surface area (Å²) in [6.07, 6.45) is 3.56. The molecule has 2 rings (SSSR count). The van der Waals surface area contributed by atoms with E-state index in [1.54, 1.807) is 54.7 Å². The van der Waals surface area contributed by atoms with Crippen molar-refractivity contribution in [3.8, 4) is 5.75 Å². The first-order chi connectivity index (χ1) is 12.3. The molecule has 1 saturated heterocycles. The molecule has 0 saturated carbocycles. The van der Waals surface area contributed by atoms with Crippen molar-refractivity contribution >= 4 is 35.1 Å². The maximum absolute atomic E-state index is 12.5. The standard InChI is InChI=1S/C19H21ClF2O2S2/c1-4-15(11-13(3)20)19(25-8-5-9-26-19)17(23)14-6-7-16(12(2)10-14)24-18(21)22/h4,6-7,10-11,17-18,23H,1,3,5,8-9H2,2H3/b15-11+. The Morgan fingerprint density at radius 1 is 1.38 bits per heavy atom. The molecule has 142 valence electrons. The number of halogens is 3. The van der Waals surface area contributed by atoms with Crippen LogP contribution in [0.3, 0.4) is 0 Å². The van der Waals surface area contributed by atoms with Crippen LogP contribution in [0, 0.1) is 6.92 Å². The minimum absolute atomic E-state index is 0.0996. The molecule has 1 aromatic carbocycles. The van der Waals surface area contributed by atoms with Gasteiger partial charge in [-0.3, -0.25) is 0 Å². The summed E-state index contributed by atoms with van der Waals surface area (Å²) in [4.78, 5) is 0. The van der Waals surface area contributed by atoms with Crippen LogP contribution >= 0.6 is 35.1 Å². The van der Waals surface area contributed by atoms with Gasteiger partial charge < -0.3 is 9.84 Å². The van der Waals surface area contributed by atoms with Gasteiger partial charge in [0.25, 0.3) is 0 Å². The lowest BCUT2D eigenvalue weighted by Crippen LogP contribution is -2.34. The van der Waals surface area contributed by atoms with E-state index >= 15 is 0 Å². The first-order valence-corrected chi connectivity index (χ1v) is 10.4. The summed E-state index contributed by atoms with van der Waals surface area (Å²) in [5.74, 6) is 1.87. The van der Waals surface area contributed by atoms with Crippen LogP contribution in [0.2, 0.25) is 0 Å². The van der Waals surface area contributed by atoms with E-state index in [1.807, 2.05) is 0 Å². The summed E-state index contributed by atoms with van der Waals surface area (Å²) in [6, 6.07) is 4.75. The van der Waals surface area contributed by atoms with Gasteiger partial charge in [-0.25, -0.2) is 0 Å². The first kappa shape index (κ1) is 21.4. The number of aliphatic hydroxyl groups excluding tert-OH is 1. The van der Waals surface area contributed by atoms with Crippen LogP contribution in [0.1, 0.15) is 23.7 Å². The van der Waals surface area contributed by atoms with Crippen molar-refractivity contribution in [3.05, 3.63) is 65.2 Å². The van der Waals surface area contributed by atoms with E-state index in [0.29, 0.717) is 16.2 Å². The van der Waals surface area contributed by atoms with Crippen LogP contribution in [0.5, 0.6) is 5.75 Å². The minimum atomic E-state index is -2.88. The number of aryl methyl sites for hydroxylation is 1. The topological polar surface area (TPSA) is 29.5 Å². The zero-order chi connectivity index (χ0) is 19.3. The molecule has 1 atom stereocenters. The van der Waals surface area contributed by atoms with Gasteiger partial charge >= 0.3 is 6.61 Å². The molecular weight excluding hydrogens is 398 g/mol. The van der Waals surface area contributed by atoms with Crippen LogP contribution in [-0.2, 0) is 0 Å². The molecule has 1 unspecified atom stereocenters. The highest BCUT2D eigenvalue weighted by atomic mass is 35.5. The third kappa shape index (κ3) is 4.85. The van der Waals surface area contributed by atoms with E-state index in [2.05, 4.69) is 17.9 Å². The van der Waals surface area contributed by atoms with Gasteiger partial charge in [0.2, 0.25) is 0 Å². The molecule has 0 aliphatic carbocycles. The molecule has 0 radical (unpaired) electrons. The highest BCUT2D eigenvalue weighted by molar-refractivity contribution is 8.19. The van der Waals surface area contributed by atoms with Gasteiger partial charge in [0.05, 0.1) is 0 Å². The molecule has 1 fully saturated rings. The van der Waals surface area contributed by atoms with Crippen LogP contribution in [0.4, 0.5) is 8.78 Å². The summed E-state index contributed by atoms with van der Waals surface area (Å²) < 4.78 is 28.7. The summed E-state index contributed by atoms with van der Waals surface area (Å²) in [5.41, 5.74) is 1.94. The SMILES string of the molecule is C=C/C(=C\C(=C)Cl)C1(C(O)c2ccc(OC(F)F)c(C)c2)SCCCS1. The second-order valence-corrected chi connectivity index (χ2v) is 9.20. The van der Waals surface area contributed by atoms with Crippen molar-refractivity contribution in [1.29, 1.82) is 0 Å². The second-order valence-electron chi connectivity index (χ2n) is 5.77. The summed E-state index contributed by atoms with van der Waals surface area (Å²) in [5, 5.41) is 11.6. The Labute approximate surface area is 166 Å². The Morgan fingerprint density at radius 2 is 2.04 bits per heavy atom. The Hall–Kier alpha value is -0.950. The molecule has 7 heteroatoms. The predicted molar refractivity (Wildman–Crippen MR) is 108 cm³/mol. The predicted octanol–water partition coefficient (Wildman–Crippen LogP) is 6.06. The molecule has 0 bridgehead atoms. The number of hydrogen-bond acceptors (Lipinski definition) is 4. The van der Waals surface area contributed by atoms with E-state index in [9.17, 15) is 13.9 Å². The Kier molecular flexibility index (Phi) is 7.64. The lowest BCUT2D eigenvalue weighted by Gasteiger charge is -2.41. The number of alkyl halides is 2. The number of aliphatic hydroxyl groups is 1. The zero-order valence-electron chi connectivity index (χ0n) is 14.4. The smallest absolute Gasteiger partial charge is 0.387 e. The molecule has 0 amide bonds. The number of hydrogen-bond donors (Lipinski definition) is 1. The number of thioether (sulfide) groups is 2. The number of rotatable bonds is 7. The molecule has 1 aliphatic rings. The largest absolute Gasteiger partial charge is 0.435 e. The fourth-order valence-electron chi connectivity index (χ4n) is 2.79. The fraction of sp³-hybridized carbons (Fsp3) is 0.368. The molecule has 1 N–H and O–H groups in total. The van der Waals surface area contributed by atoms with Gasteiger partial charge in [0, 0.05) is 5.03 Å². The van der Waals surface area contributed by atoms with Crippen LogP contribution in [0.15, 0.2) is 54.1 Å².